The van der Waals surface area contributed by atoms with Crippen molar-refractivity contribution in [3.63, 3.8) is 0 Å². The van der Waals surface area contributed by atoms with Gasteiger partial charge in [0.15, 0.2) is 0 Å². The van der Waals surface area contributed by atoms with E-state index in [0.717, 1.165) is 64.7 Å². The van der Waals surface area contributed by atoms with Crippen molar-refractivity contribution in [1.82, 2.24) is 4.90 Å². The highest BCUT2D eigenvalue weighted by atomic mass is 16.6. The summed E-state index contributed by atoms with van der Waals surface area (Å²) >= 11 is 0. The van der Waals surface area contributed by atoms with Crippen LogP contribution in [-0.2, 0) is 11.3 Å². The Labute approximate surface area is 165 Å². The van der Waals surface area contributed by atoms with Crippen molar-refractivity contribution in [2.45, 2.75) is 6.54 Å². The van der Waals surface area contributed by atoms with Crippen molar-refractivity contribution in [1.29, 1.82) is 0 Å². The van der Waals surface area contributed by atoms with E-state index in [0.29, 0.717) is 0 Å². The van der Waals surface area contributed by atoms with Crippen molar-refractivity contribution < 1.29 is 9.66 Å². The zero-order valence-electron chi connectivity index (χ0n) is 16.0. The molecule has 2 fully saturated rings. The highest BCUT2D eigenvalue weighted by Crippen LogP contribution is 2.23. The predicted molar refractivity (Wildman–Crippen MR) is 110 cm³/mol. The molecule has 7 nitrogen and oxygen atoms in total. The van der Waals surface area contributed by atoms with Crippen LogP contribution in [0.15, 0.2) is 48.5 Å². The Bertz CT molecular complexity index is 780. The minimum absolute atomic E-state index is 0.138. The smallest absolute Gasteiger partial charge is 0.269 e. The summed E-state index contributed by atoms with van der Waals surface area (Å²) in [5.41, 5.74) is 3.79. The number of anilines is 2. The molecule has 0 aliphatic carbocycles. The van der Waals surface area contributed by atoms with Gasteiger partial charge < -0.3 is 14.5 Å². The van der Waals surface area contributed by atoms with Crippen LogP contribution in [0, 0.1) is 10.1 Å². The fourth-order valence-electron chi connectivity index (χ4n) is 3.84. The second-order valence-electron chi connectivity index (χ2n) is 7.30. The van der Waals surface area contributed by atoms with Gasteiger partial charge in [-0.3, -0.25) is 15.0 Å². The molecular weight excluding hydrogens is 356 g/mol. The van der Waals surface area contributed by atoms with Gasteiger partial charge in [0, 0.05) is 69.3 Å². The normalized spacial score (nSPS) is 18.3. The second-order valence-corrected chi connectivity index (χ2v) is 7.30. The first-order valence-electron chi connectivity index (χ1n) is 9.82. The molecule has 0 spiro atoms. The topological polar surface area (TPSA) is 62.1 Å². The van der Waals surface area contributed by atoms with Crippen LogP contribution in [0.3, 0.4) is 0 Å². The highest BCUT2D eigenvalue weighted by molar-refractivity contribution is 5.54. The fraction of sp³-hybridized carbons (Fsp3) is 0.429. The molecule has 0 unspecified atom stereocenters. The molecule has 0 atom stereocenters. The summed E-state index contributed by atoms with van der Waals surface area (Å²) in [6.45, 7) is 8.37. The maximum atomic E-state index is 10.8. The number of non-ortho nitro benzene ring substituents is 1. The van der Waals surface area contributed by atoms with Crippen molar-refractivity contribution in [2.24, 2.45) is 0 Å². The highest BCUT2D eigenvalue weighted by Gasteiger charge is 2.18. The Morgan fingerprint density at radius 3 is 1.79 bits per heavy atom. The van der Waals surface area contributed by atoms with Gasteiger partial charge >= 0.3 is 0 Å². The monoisotopic (exact) mass is 382 g/mol. The van der Waals surface area contributed by atoms with E-state index in [1.54, 1.807) is 12.1 Å². The zero-order chi connectivity index (χ0) is 19.3. The van der Waals surface area contributed by atoms with Gasteiger partial charge in [-0.2, -0.15) is 0 Å². The van der Waals surface area contributed by atoms with E-state index in [-0.39, 0.29) is 10.6 Å². The number of hydrogen-bond donors (Lipinski definition) is 0. The molecule has 0 N–H and O–H groups in total. The number of hydrogen-bond acceptors (Lipinski definition) is 6. The van der Waals surface area contributed by atoms with Crippen LogP contribution in [0.1, 0.15) is 5.56 Å². The van der Waals surface area contributed by atoms with Gasteiger partial charge in [-0.25, -0.2) is 0 Å². The molecule has 4 rings (SSSR count). The number of nitro groups is 1. The third-order valence-corrected chi connectivity index (χ3v) is 5.52. The average molecular weight is 382 g/mol. The number of piperazine rings is 1. The van der Waals surface area contributed by atoms with Gasteiger partial charge in [-0.15, -0.1) is 0 Å². The SMILES string of the molecule is O=[N+]([O-])c1ccc(N2CCN(c3ccc(CN4CCOCC4)cc3)CC2)cc1. The standard InChI is InChI=1S/C21H26N4O3/c26-25(27)21-7-5-20(6-8-21)24-11-9-23(10-12-24)19-3-1-18(2-4-19)17-22-13-15-28-16-14-22/h1-8H,9-17H2. The van der Waals surface area contributed by atoms with Crippen molar-refractivity contribution in [3.8, 4) is 0 Å². The lowest BCUT2D eigenvalue weighted by Crippen LogP contribution is -2.46. The van der Waals surface area contributed by atoms with Crippen LogP contribution in [0.25, 0.3) is 0 Å². The first-order valence-corrected chi connectivity index (χ1v) is 9.82. The Morgan fingerprint density at radius 1 is 0.786 bits per heavy atom. The molecule has 28 heavy (non-hydrogen) atoms. The molecule has 0 radical (unpaired) electrons. The maximum absolute atomic E-state index is 10.8. The van der Waals surface area contributed by atoms with Gasteiger partial charge in [-0.1, -0.05) is 12.1 Å². The van der Waals surface area contributed by atoms with E-state index in [2.05, 4.69) is 39.0 Å². The number of ether oxygens (including phenoxy) is 1. The number of nitrogens with zero attached hydrogens (tertiary/aromatic N) is 4. The molecular formula is C21H26N4O3. The molecule has 2 heterocycles. The molecule has 2 aliphatic heterocycles. The molecule has 0 amide bonds. The van der Waals surface area contributed by atoms with Crippen LogP contribution in [0.5, 0.6) is 0 Å². The lowest BCUT2D eigenvalue weighted by molar-refractivity contribution is -0.384. The van der Waals surface area contributed by atoms with E-state index in [1.165, 1.54) is 11.3 Å². The van der Waals surface area contributed by atoms with Crippen molar-refractivity contribution in [2.75, 3.05) is 62.3 Å². The Balaban J connectivity index is 1.31. The molecule has 2 saturated heterocycles. The van der Waals surface area contributed by atoms with Crippen LogP contribution < -0.4 is 9.80 Å². The zero-order valence-corrected chi connectivity index (χ0v) is 16.0. The summed E-state index contributed by atoms with van der Waals surface area (Å²) in [4.78, 5) is 17.6. The summed E-state index contributed by atoms with van der Waals surface area (Å²) < 4.78 is 5.41. The molecule has 0 saturated carbocycles. The van der Waals surface area contributed by atoms with E-state index >= 15 is 0 Å². The number of morpholine rings is 1. The summed E-state index contributed by atoms with van der Waals surface area (Å²) in [6.07, 6.45) is 0. The number of nitro benzene ring substituents is 1. The van der Waals surface area contributed by atoms with Gasteiger partial charge in [0.1, 0.15) is 0 Å². The third-order valence-electron chi connectivity index (χ3n) is 5.52. The molecule has 148 valence electrons. The maximum Gasteiger partial charge on any atom is 0.269 e. The summed E-state index contributed by atoms with van der Waals surface area (Å²) in [5, 5.41) is 10.8. The molecule has 7 heteroatoms. The minimum atomic E-state index is -0.357. The van der Waals surface area contributed by atoms with E-state index in [9.17, 15) is 10.1 Å². The Kier molecular flexibility index (Phi) is 5.73. The van der Waals surface area contributed by atoms with Crippen LogP contribution >= 0.6 is 0 Å². The molecule has 2 aromatic carbocycles. The van der Waals surface area contributed by atoms with E-state index in [1.807, 2.05) is 12.1 Å². The van der Waals surface area contributed by atoms with Gasteiger partial charge in [0.25, 0.3) is 5.69 Å². The quantitative estimate of drug-likeness (QED) is 0.585. The van der Waals surface area contributed by atoms with Crippen molar-refractivity contribution in [3.05, 3.63) is 64.2 Å². The van der Waals surface area contributed by atoms with Crippen molar-refractivity contribution >= 4 is 17.1 Å². The van der Waals surface area contributed by atoms with E-state index < -0.39 is 0 Å². The van der Waals surface area contributed by atoms with Crippen LogP contribution in [-0.4, -0.2) is 62.3 Å². The minimum Gasteiger partial charge on any atom is -0.379 e. The molecule has 2 aliphatic rings. The first kappa shape index (κ1) is 18.7. The Hall–Kier alpha value is -2.64. The fourth-order valence-corrected chi connectivity index (χ4v) is 3.84. The Morgan fingerprint density at radius 2 is 1.29 bits per heavy atom. The lowest BCUT2D eigenvalue weighted by Gasteiger charge is -2.37. The van der Waals surface area contributed by atoms with Crippen LogP contribution in [0.4, 0.5) is 17.1 Å². The third kappa shape index (κ3) is 4.43. The van der Waals surface area contributed by atoms with Gasteiger partial charge in [0.05, 0.1) is 18.1 Å². The second kappa shape index (κ2) is 8.58. The largest absolute Gasteiger partial charge is 0.379 e. The predicted octanol–water partition coefficient (Wildman–Crippen LogP) is 2.75. The van der Waals surface area contributed by atoms with Crippen LogP contribution in [0.2, 0.25) is 0 Å². The van der Waals surface area contributed by atoms with E-state index in [4.69, 9.17) is 4.74 Å². The molecule has 0 bridgehead atoms. The van der Waals surface area contributed by atoms with Gasteiger partial charge in [0.2, 0.25) is 0 Å². The molecule has 0 aromatic heterocycles. The average Bonchev–Trinajstić information content (AvgIpc) is 2.75. The summed E-state index contributed by atoms with van der Waals surface area (Å²) in [7, 11) is 0. The number of benzene rings is 2. The number of rotatable bonds is 5. The summed E-state index contributed by atoms with van der Waals surface area (Å²) in [6, 6.07) is 15.7. The summed E-state index contributed by atoms with van der Waals surface area (Å²) in [5.74, 6) is 0. The first-order chi connectivity index (χ1) is 13.7. The van der Waals surface area contributed by atoms with Gasteiger partial charge in [-0.05, 0) is 29.8 Å². The lowest BCUT2D eigenvalue weighted by atomic mass is 10.1. The molecule has 2 aromatic rings.